The highest BCUT2D eigenvalue weighted by Gasteiger charge is 2.18. The largest absolute Gasteiger partial charge is 0.378 e. The first-order chi connectivity index (χ1) is 9.36. The van der Waals surface area contributed by atoms with E-state index in [9.17, 15) is 0 Å². The SMILES string of the molecule is CCCCCCCC(CC1CCCCO1)NCCC. The van der Waals surface area contributed by atoms with E-state index in [-0.39, 0.29) is 0 Å². The monoisotopic (exact) mass is 269 g/mol. The predicted octanol–water partition coefficient (Wildman–Crippen LogP) is 4.67. The Morgan fingerprint density at radius 2 is 1.89 bits per heavy atom. The smallest absolute Gasteiger partial charge is 0.0590 e. The Hall–Kier alpha value is -0.0800. The maximum Gasteiger partial charge on any atom is 0.0590 e. The molecule has 0 aromatic heterocycles. The summed E-state index contributed by atoms with van der Waals surface area (Å²) in [6.45, 7) is 6.68. The molecule has 0 aromatic rings. The molecule has 2 heteroatoms. The van der Waals surface area contributed by atoms with Crippen LogP contribution >= 0.6 is 0 Å². The number of rotatable bonds is 11. The number of ether oxygens (including phenoxy) is 1. The summed E-state index contributed by atoms with van der Waals surface area (Å²) in [6.07, 6.45) is 15.2. The quantitative estimate of drug-likeness (QED) is 0.550. The van der Waals surface area contributed by atoms with Gasteiger partial charge in [-0.3, -0.25) is 0 Å². The highest BCUT2D eigenvalue weighted by molar-refractivity contribution is 4.74. The molecule has 0 amide bonds. The molecule has 0 radical (unpaired) electrons. The second kappa shape index (κ2) is 11.7. The van der Waals surface area contributed by atoms with Gasteiger partial charge in [-0.15, -0.1) is 0 Å². The van der Waals surface area contributed by atoms with Crippen LogP contribution in [0, 0.1) is 0 Å². The van der Waals surface area contributed by atoms with Crippen LogP contribution in [0.15, 0.2) is 0 Å². The molecule has 1 aliphatic rings. The summed E-state index contributed by atoms with van der Waals surface area (Å²) in [5, 5.41) is 3.73. The zero-order valence-corrected chi connectivity index (χ0v) is 13.3. The van der Waals surface area contributed by atoms with E-state index in [2.05, 4.69) is 19.2 Å². The standard InChI is InChI=1S/C17H35NO/c1-3-5-6-7-8-11-16(18-13-4-2)15-17-12-9-10-14-19-17/h16-18H,3-15H2,1-2H3. The van der Waals surface area contributed by atoms with Crippen molar-refractivity contribution in [2.24, 2.45) is 0 Å². The fourth-order valence-corrected chi connectivity index (χ4v) is 2.96. The van der Waals surface area contributed by atoms with Crippen molar-refractivity contribution in [3.63, 3.8) is 0 Å². The normalized spacial score (nSPS) is 21.5. The highest BCUT2D eigenvalue weighted by atomic mass is 16.5. The van der Waals surface area contributed by atoms with Crippen molar-refractivity contribution in [1.82, 2.24) is 5.32 Å². The van der Waals surface area contributed by atoms with Gasteiger partial charge in [-0.2, -0.15) is 0 Å². The summed E-state index contributed by atoms with van der Waals surface area (Å²) in [5.41, 5.74) is 0. The van der Waals surface area contributed by atoms with Crippen LogP contribution < -0.4 is 5.32 Å². The molecule has 1 heterocycles. The molecular weight excluding hydrogens is 234 g/mol. The molecule has 19 heavy (non-hydrogen) atoms. The Morgan fingerprint density at radius 3 is 2.58 bits per heavy atom. The number of nitrogens with one attached hydrogen (secondary N) is 1. The molecule has 114 valence electrons. The molecule has 1 saturated heterocycles. The zero-order chi connectivity index (χ0) is 13.8. The fraction of sp³-hybridized carbons (Fsp3) is 1.00. The van der Waals surface area contributed by atoms with E-state index in [1.807, 2.05) is 0 Å². The van der Waals surface area contributed by atoms with Crippen molar-refractivity contribution < 1.29 is 4.74 Å². The van der Waals surface area contributed by atoms with E-state index in [0.717, 1.165) is 13.2 Å². The maximum atomic E-state index is 5.89. The van der Waals surface area contributed by atoms with Gasteiger partial charge in [-0.25, -0.2) is 0 Å². The Morgan fingerprint density at radius 1 is 1.05 bits per heavy atom. The predicted molar refractivity (Wildman–Crippen MR) is 83.7 cm³/mol. The van der Waals surface area contributed by atoms with Gasteiger partial charge in [0.05, 0.1) is 6.10 Å². The van der Waals surface area contributed by atoms with Gasteiger partial charge in [0.1, 0.15) is 0 Å². The highest BCUT2D eigenvalue weighted by Crippen LogP contribution is 2.19. The lowest BCUT2D eigenvalue weighted by molar-refractivity contribution is 0.00458. The number of hydrogen-bond acceptors (Lipinski definition) is 2. The Balaban J connectivity index is 2.17. The van der Waals surface area contributed by atoms with E-state index in [1.165, 1.54) is 70.6 Å². The van der Waals surface area contributed by atoms with Gasteiger partial charge in [0, 0.05) is 12.6 Å². The molecule has 1 N–H and O–H groups in total. The molecule has 2 unspecified atom stereocenters. The van der Waals surface area contributed by atoms with Gasteiger partial charge in [-0.1, -0.05) is 46.0 Å². The Labute approximate surface area is 120 Å². The van der Waals surface area contributed by atoms with E-state index >= 15 is 0 Å². The van der Waals surface area contributed by atoms with Crippen LogP contribution in [0.3, 0.4) is 0 Å². The fourth-order valence-electron chi connectivity index (χ4n) is 2.96. The van der Waals surface area contributed by atoms with E-state index in [0.29, 0.717) is 12.1 Å². The molecule has 0 aliphatic carbocycles. The van der Waals surface area contributed by atoms with Gasteiger partial charge in [0.15, 0.2) is 0 Å². The van der Waals surface area contributed by atoms with Crippen LogP contribution in [-0.2, 0) is 4.74 Å². The second-order valence-corrected chi connectivity index (χ2v) is 6.08. The molecule has 0 saturated carbocycles. The number of unbranched alkanes of at least 4 members (excludes halogenated alkanes) is 4. The van der Waals surface area contributed by atoms with Gasteiger partial charge in [-0.05, 0) is 45.1 Å². The van der Waals surface area contributed by atoms with Crippen LogP contribution in [-0.4, -0.2) is 25.3 Å². The topological polar surface area (TPSA) is 21.3 Å². The van der Waals surface area contributed by atoms with Crippen molar-refractivity contribution in [1.29, 1.82) is 0 Å². The van der Waals surface area contributed by atoms with Crippen LogP contribution in [0.5, 0.6) is 0 Å². The summed E-state index contributed by atoms with van der Waals surface area (Å²) in [6, 6.07) is 0.685. The molecule has 0 spiro atoms. The molecule has 2 atom stereocenters. The third kappa shape index (κ3) is 8.65. The Kier molecular flexibility index (Phi) is 10.5. The average molecular weight is 269 g/mol. The molecule has 1 fully saturated rings. The summed E-state index contributed by atoms with van der Waals surface area (Å²) in [5.74, 6) is 0. The number of hydrogen-bond donors (Lipinski definition) is 1. The van der Waals surface area contributed by atoms with Crippen LogP contribution in [0.2, 0.25) is 0 Å². The summed E-state index contributed by atoms with van der Waals surface area (Å²) >= 11 is 0. The van der Waals surface area contributed by atoms with Gasteiger partial charge in [0.2, 0.25) is 0 Å². The lowest BCUT2D eigenvalue weighted by atomic mass is 9.97. The lowest BCUT2D eigenvalue weighted by Gasteiger charge is -2.27. The van der Waals surface area contributed by atoms with Gasteiger partial charge >= 0.3 is 0 Å². The van der Waals surface area contributed by atoms with Gasteiger partial charge < -0.3 is 10.1 Å². The third-order valence-corrected chi connectivity index (χ3v) is 4.16. The summed E-state index contributed by atoms with van der Waals surface area (Å²) < 4.78 is 5.89. The first-order valence-electron chi connectivity index (χ1n) is 8.71. The van der Waals surface area contributed by atoms with E-state index in [4.69, 9.17) is 4.74 Å². The van der Waals surface area contributed by atoms with Crippen LogP contribution in [0.25, 0.3) is 0 Å². The molecule has 1 aliphatic heterocycles. The minimum Gasteiger partial charge on any atom is -0.378 e. The van der Waals surface area contributed by atoms with E-state index < -0.39 is 0 Å². The lowest BCUT2D eigenvalue weighted by Crippen LogP contribution is -2.35. The van der Waals surface area contributed by atoms with Crippen molar-refractivity contribution in [2.75, 3.05) is 13.2 Å². The van der Waals surface area contributed by atoms with Crippen molar-refractivity contribution in [3.05, 3.63) is 0 Å². The molecular formula is C17H35NO. The molecule has 0 bridgehead atoms. The van der Waals surface area contributed by atoms with Crippen LogP contribution in [0.1, 0.15) is 84.5 Å². The van der Waals surface area contributed by atoms with Crippen molar-refractivity contribution in [3.8, 4) is 0 Å². The first-order valence-corrected chi connectivity index (χ1v) is 8.71. The Bertz CT molecular complexity index is 190. The van der Waals surface area contributed by atoms with Crippen molar-refractivity contribution in [2.45, 2.75) is 96.6 Å². The first kappa shape index (κ1) is 17.0. The molecule has 1 rings (SSSR count). The summed E-state index contributed by atoms with van der Waals surface area (Å²) in [4.78, 5) is 0. The van der Waals surface area contributed by atoms with Gasteiger partial charge in [0.25, 0.3) is 0 Å². The maximum absolute atomic E-state index is 5.89. The second-order valence-electron chi connectivity index (χ2n) is 6.08. The van der Waals surface area contributed by atoms with Crippen LogP contribution in [0.4, 0.5) is 0 Å². The third-order valence-electron chi connectivity index (χ3n) is 4.16. The van der Waals surface area contributed by atoms with Crippen molar-refractivity contribution >= 4 is 0 Å². The van der Waals surface area contributed by atoms with E-state index in [1.54, 1.807) is 0 Å². The molecule has 2 nitrogen and oxygen atoms in total. The minimum atomic E-state index is 0.527. The minimum absolute atomic E-state index is 0.527. The summed E-state index contributed by atoms with van der Waals surface area (Å²) in [7, 11) is 0. The zero-order valence-electron chi connectivity index (χ0n) is 13.3. The molecule has 0 aromatic carbocycles. The average Bonchev–Trinajstić information content (AvgIpc) is 2.45.